The lowest BCUT2D eigenvalue weighted by atomic mass is 9.98. The SMILES string of the molecule is Cn1cnc(Cn2c(=O)n(Cc3cc(F)c(F)cc3F)c(=Nc3cc4cn(C)nc4cc3Cl)n(OC(=O)C(C)(C)C)c2=O)n1. The van der Waals surface area contributed by atoms with Crippen molar-refractivity contribution in [1.82, 2.24) is 38.4 Å². The summed E-state index contributed by atoms with van der Waals surface area (Å²) in [4.78, 5) is 54.8. The van der Waals surface area contributed by atoms with Crippen LogP contribution in [0.25, 0.3) is 10.9 Å². The monoisotopic (exact) mass is 631 g/mol. The molecule has 17 heteroatoms. The van der Waals surface area contributed by atoms with Crippen LogP contribution in [0.4, 0.5) is 18.9 Å². The molecule has 0 aliphatic heterocycles. The second-order valence-corrected chi connectivity index (χ2v) is 11.3. The maximum absolute atomic E-state index is 14.9. The summed E-state index contributed by atoms with van der Waals surface area (Å²) in [6.07, 6.45) is 3.00. The summed E-state index contributed by atoms with van der Waals surface area (Å²) < 4.78 is 47.6. The highest BCUT2D eigenvalue weighted by Gasteiger charge is 2.28. The van der Waals surface area contributed by atoms with Crippen LogP contribution in [0, 0.1) is 22.9 Å². The molecule has 0 unspecified atom stereocenters. The van der Waals surface area contributed by atoms with Crippen molar-refractivity contribution in [2.75, 3.05) is 0 Å². The molecule has 5 rings (SSSR count). The Morgan fingerprint density at radius 3 is 2.30 bits per heavy atom. The maximum Gasteiger partial charge on any atom is 0.369 e. The predicted molar refractivity (Wildman–Crippen MR) is 150 cm³/mol. The van der Waals surface area contributed by atoms with Crippen molar-refractivity contribution in [1.29, 1.82) is 0 Å². The lowest BCUT2D eigenvalue weighted by Crippen LogP contribution is -2.58. The number of rotatable bonds is 6. The summed E-state index contributed by atoms with van der Waals surface area (Å²) >= 11 is 6.49. The number of fused-ring (bicyclic) bond motifs is 1. The van der Waals surface area contributed by atoms with Crippen molar-refractivity contribution in [3.05, 3.63) is 97.2 Å². The van der Waals surface area contributed by atoms with Crippen LogP contribution >= 0.6 is 11.6 Å². The number of aromatic nitrogens is 8. The van der Waals surface area contributed by atoms with Gasteiger partial charge < -0.3 is 4.84 Å². The lowest BCUT2D eigenvalue weighted by Gasteiger charge is -2.19. The number of carbonyl (C=O) groups is 1. The second-order valence-electron chi connectivity index (χ2n) is 10.9. The molecule has 0 radical (unpaired) electrons. The van der Waals surface area contributed by atoms with Crippen LogP contribution < -0.4 is 21.8 Å². The third-order valence-electron chi connectivity index (χ3n) is 6.35. The molecule has 3 aromatic heterocycles. The number of nitrogens with zero attached hydrogens (tertiary/aromatic N) is 9. The van der Waals surface area contributed by atoms with E-state index in [4.69, 9.17) is 16.4 Å². The van der Waals surface area contributed by atoms with Crippen LogP contribution in [-0.4, -0.2) is 44.4 Å². The van der Waals surface area contributed by atoms with Crippen LogP contribution in [0.2, 0.25) is 5.02 Å². The Kier molecular flexibility index (Phi) is 7.79. The van der Waals surface area contributed by atoms with Crippen molar-refractivity contribution in [3.8, 4) is 0 Å². The van der Waals surface area contributed by atoms with Crippen molar-refractivity contribution in [3.63, 3.8) is 0 Å². The Morgan fingerprint density at radius 2 is 1.64 bits per heavy atom. The van der Waals surface area contributed by atoms with Crippen LogP contribution in [-0.2, 0) is 32.0 Å². The van der Waals surface area contributed by atoms with Gasteiger partial charge in [0, 0.05) is 37.3 Å². The van der Waals surface area contributed by atoms with Crippen LogP contribution in [0.3, 0.4) is 0 Å². The van der Waals surface area contributed by atoms with Crippen LogP contribution in [0.5, 0.6) is 0 Å². The third kappa shape index (κ3) is 5.92. The summed E-state index contributed by atoms with van der Waals surface area (Å²) in [7, 11) is 3.26. The summed E-state index contributed by atoms with van der Waals surface area (Å²) in [6.45, 7) is 3.33. The van der Waals surface area contributed by atoms with E-state index < -0.39 is 64.5 Å². The van der Waals surface area contributed by atoms with Gasteiger partial charge in [0.2, 0.25) is 0 Å². The number of carbonyl (C=O) groups excluding carboxylic acids is 1. The quantitative estimate of drug-likeness (QED) is 0.262. The molecule has 0 saturated heterocycles. The average Bonchev–Trinajstić information content (AvgIpc) is 3.51. The Balaban J connectivity index is 1.87. The standard InChI is InChI=1S/C27H25ClF3N9O4/c1-27(2,3)23(41)44-40-24(33-21-7-15-10-36(4)34-20(15)8-16(21)28)38(11-14-6-18(30)19(31)9-17(14)29)25(42)39(26(40)43)12-22-32-13-37(5)35-22/h6-10,13H,11-12H2,1-5H3. The molecule has 0 N–H and O–H groups in total. The van der Waals surface area contributed by atoms with E-state index in [1.54, 1.807) is 20.3 Å². The normalized spacial score (nSPS) is 12.3. The fourth-order valence-corrected chi connectivity index (χ4v) is 4.30. The molecule has 0 spiro atoms. The highest BCUT2D eigenvalue weighted by atomic mass is 35.5. The molecule has 3 heterocycles. The van der Waals surface area contributed by atoms with Gasteiger partial charge in [0.25, 0.3) is 5.62 Å². The number of aryl methyl sites for hydroxylation is 2. The summed E-state index contributed by atoms with van der Waals surface area (Å²) in [5, 5.41) is 8.99. The van der Waals surface area contributed by atoms with E-state index >= 15 is 0 Å². The van der Waals surface area contributed by atoms with Crippen LogP contribution in [0.15, 0.2) is 51.4 Å². The van der Waals surface area contributed by atoms with Gasteiger partial charge in [-0.1, -0.05) is 16.3 Å². The minimum Gasteiger partial charge on any atom is -0.328 e. The zero-order chi connectivity index (χ0) is 32.1. The van der Waals surface area contributed by atoms with Gasteiger partial charge in [-0.25, -0.2) is 42.1 Å². The fraction of sp³-hybridized carbons (Fsp3) is 0.296. The Bertz CT molecular complexity index is 2140. The summed E-state index contributed by atoms with van der Waals surface area (Å²) in [5.74, 6) is -4.85. The molecular weight excluding hydrogens is 607 g/mol. The minimum absolute atomic E-state index is 0.0233. The predicted octanol–water partition coefficient (Wildman–Crippen LogP) is 2.23. The first kappa shape index (κ1) is 30.5. The molecule has 44 heavy (non-hydrogen) atoms. The van der Waals surface area contributed by atoms with Crippen molar-refractivity contribution < 1.29 is 22.8 Å². The van der Waals surface area contributed by atoms with Gasteiger partial charge in [0.05, 0.1) is 34.7 Å². The summed E-state index contributed by atoms with van der Waals surface area (Å²) in [6, 6.07) is 3.89. The molecule has 0 bridgehead atoms. The van der Waals surface area contributed by atoms with Gasteiger partial charge in [-0.05, 0) is 39.0 Å². The molecule has 0 aliphatic rings. The molecule has 0 saturated carbocycles. The van der Waals surface area contributed by atoms with E-state index in [1.165, 1.54) is 48.6 Å². The van der Waals surface area contributed by atoms with Gasteiger partial charge in [0.15, 0.2) is 17.5 Å². The molecular formula is C27H25ClF3N9O4. The van der Waals surface area contributed by atoms with E-state index in [2.05, 4.69) is 20.2 Å². The molecule has 230 valence electrons. The van der Waals surface area contributed by atoms with E-state index in [0.717, 1.165) is 4.57 Å². The second kappa shape index (κ2) is 11.3. The Hall–Kier alpha value is -4.99. The van der Waals surface area contributed by atoms with E-state index in [9.17, 15) is 27.6 Å². The minimum atomic E-state index is -1.44. The van der Waals surface area contributed by atoms with E-state index in [1.807, 2.05) is 0 Å². The number of hydrogen-bond acceptors (Lipinski definition) is 8. The van der Waals surface area contributed by atoms with Gasteiger partial charge in [-0.3, -0.25) is 13.9 Å². The molecule has 0 aliphatic carbocycles. The van der Waals surface area contributed by atoms with Gasteiger partial charge in [-0.15, -0.1) is 0 Å². The Morgan fingerprint density at radius 1 is 0.932 bits per heavy atom. The van der Waals surface area contributed by atoms with Gasteiger partial charge in [-0.2, -0.15) is 10.2 Å². The fourth-order valence-electron chi connectivity index (χ4n) is 4.10. The molecule has 13 nitrogen and oxygen atoms in total. The molecule has 0 amide bonds. The average molecular weight is 632 g/mol. The van der Waals surface area contributed by atoms with E-state index in [0.29, 0.717) is 32.3 Å². The van der Waals surface area contributed by atoms with Crippen LogP contribution in [0.1, 0.15) is 32.2 Å². The maximum atomic E-state index is 14.9. The Labute approximate surface area is 251 Å². The molecule has 0 atom stereocenters. The molecule has 2 aromatic carbocycles. The van der Waals surface area contributed by atoms with Crippen molar-refractivity contribution >= 4 is 34.2 Å². The number of hydrogen-bond donors (Lipinski definition) is 0. The zero-order valence-electron chi connectivity index (χ0n) is 24.0. The first-order valence-corrected chi connectivity index (χ1v) is 13.3. The largest absolute Gasteiger partial charge is 0.369 e. The first-order valence-electron chi connectivity index (χ1n) is 13.0. The smallest absolute Gasteiger partial charge is 0.328 e. The third-order valence-corrected chi connectivity index (χ3v) is 6.65. The molecule has 5 aromatic rings. The molecule has 0 fully saturated rings. The van der Waals surface area contributed by atoms with Crippen molar-refractivity contribution in [2.24, 2.45) is 24.5 Å². The zero-order valence-corrected chi connectivity index (χ0v) is 24.8. The highest BCUT2D eigenvalue weighted by Crippen LogP contribution is 2.29. The number of halogens is 4. The highest BCUT2D eigenvalue weighted by molar-refractivity contribution is 6.33. The topological polar surface area (TPSA) is 136 Å². The first-order chi connectivity index (χ1) is 20.6. The number of benzene rings is 2. The van der Waals surface area contributed by atoms with Gasteiger partial charge in [0.1, 0.15) is 12.1 Å². The van der Waals surface area contributed by atoms with Crippen molar-refractivity contribution in [2.45, 2.75) is 33.9 Å². The lowest BCUT2D eigenvalue weighted by molar-refractivity contribution is -0.155. The summed E-state index contributed by atoms with van der Waals surface area (Å²) in [5.41, 5.74) is -3.89. The van der Waals surface area contributed by atoms with Gasteiger partial charge >= 0.3 is 17.3 Å². The van der Waals surface area contributed by atoms with E-state index in [-0.39, 0.29) is 16.5 Å².